The van der Waals surface area contributed by atoms with E-state index in [1.807, 2.05) is 6.07 Å². The van der Waals surface area contributed by atoms with Crippen LogP contribution in [0.15, 0.2) is 24.4 Å². The summed E-state index contributed by atoms with van der Waals surface area (Å²) in [6.07, 6.45) is 2.44. The maximum atomic E-state index is 11.6. The molecule has 0 radical (unpaired) electrons. The average Bonchev–Trinajstić information content (AvgIpc) is 2.57. The third-order valence-electron chi connectivity index (χ3n) is 3.74. The lowest BCUT2D eigenvalue weighted by atomic mass is 10.0. The molecule has 2 heterocycles. The Kier molecular flexibility index (Phi) is 4.97. The van der Waals surface area contributed by atoms with E-state index in [9.17, 15) is 4.79 Å². The zero-order chi connectivity index (χ0) is 17.1. The summed E-state index contributed by atoms with van der Waals surface area (Å²) in [5, 5.41) is 6.57. The molecule has 0 amide bonds. The number of anilines is 2. The van der Waals surface area contributed by atoms with E-state index in [-0.39, 0.29) is 22.8 Å². The van der Waals surface area contributed by atoms with E-state index in [0.717, 1.165) is 25.2 Å². The molecule has 7 heteroatoms. The van der Waals surface area contributed by atoms with Gasteiger partial charge in [-0.05, 0) is 36.2 Å². The highest BCUT2D eigenvalue weighted by Crippen LogP contribution is 2.25. The lowest BCUT2D eigenvalue weighted by Gasteiger charge is -2.18. The standard InChI is InChI=1S/C17H19ClN4O2/c1-10(2)16(23)24-14-9-20-17(22-15(14)18)21-13-4-3-11-5-6-19-8-12(11)7-13/h3-4,7,9-10,19H,5-6,8H2,1-2H3,(H,20,21,22). The predicted molar refractivity (Wildman–Crippen MR) is 92.7 cm³/mol. The maximum absolute atomic E-state index is 11.6. The number of ether oxygens (including phenoxy) is 1. The lowest BCUT2D eigenvalue weighted by Crippen LogP contribution is -2.23. The van der Waals surface area contributed by atoms with Gasteiger partial charge in [0.2, 0.25) is 5.95 Å². The van der Waals surface area contributed by atoms with Crippen LogP contribution in [0.3, 0.4) is 0 Å². The molecule has 3 rings (SSSR count). The third-order valence-corrected chi connectivity index (χ3v) is 4.01. The first-order valence-electron chi connectivity index (χ1n) is 7.86. The second-order valence-corrected chi connectivity index (χ2v) is 6.32. The number of benzene rings is 1. The summed E-state index contributed by atoms with van der Waals surface area (Å²) in [4.78, 5) is 19.9. The largest absolute Gasteiger partial charge is 0.421 e. The average molecular weight is 347 g/mol. The Morgan fingerprint density at radius 1 is 1.38 bits per heavy atom. The monoisotopic (exact) mass is 346 g/mol. The zero-order valence-electron chi connectivity index (χ0n) is 13.6. The van der Waals surface area contributed by atoms with Crippen molar-refractivity contribution in [3.63, 3.8) is 0 Å². The quantitative estimate of drug-likeness (QED) is 0.654. The number of nitrogens with one attached hydrogen (secondary N) is 2. The van der Waals surface area contributed by atoms with Crippen LogP contribution in [0.1, 0.15) is 25.0 Å². The smallest absolute Gasteiger partial charge is 0.313 e. The molecule has 0 bridgehead atoms. The molecule has 1 aromatic heterocycles. The summed E-state index contributed by atoms with van der Waals surface area (Å²) >= 11 is 6.08. The predicted octanol–water partition coefficient (Wildman–Crippen LogP) is 3.08. The molecule has 0 unspecified atom stereocenters. The molecule has 1 aliphatic heterocycles. The van der Waals surface area contributed by atoms with Crippen LogP contribution < -0.4 is 15.4 Å². The summed E-state index contributed by atoms with van der Waals surface area (Å²) in [6, 6.07) is 6.18. The number of carbonyl (C=O) groups is 1. The molecular weight excluding hydrogens is 328 g/mol. The first kappa shape index (κ1) is 16.7. The van der Waals surface area contributed by atoms with Gasteiger partial charge in [0.05, 0.1) is 12.1 Å². The molecule has 2 N–H and O–H groups in total. The minimum Gasteiger partial charge on any atom is -0.421 e. The lowest BCUT2D eigenvalue weighted by molar-refractivity contribution is -0.137. The van der Waals surface area contributed by atoms with Gasteiger partial charge in [-0.15, -0.1) is 0 Å². The normalized spacial score (nSPS) is 13.5. The molecule has 1 aromatic carbocycles. The Morgan fingerprint density at radius 3 is 2.96 bits per heavy atom. The van der Waals surface area contributed by atoms with Gasteiger partial charge < -0.3 is 15.4 Å². The van der Waals surface area contributed by atoms with Crippen LogP contribution in [0.5, 0.6) is 5.75 Å². The van der Waals surface area contributed by atoms with Crippen molar-refractivity contribution in [1.82, 2.24) is 15.3 Å². The number of aromatic nitrogens is 2. The van der Waals surface area contributed by atoms with Crippen LogP contribution in [0.4, 0.5) is 11.6 Å². The van der Waals surface area contributed by atoms with Gasteiger partial charge in [-0.2, -0.15) is 4.98 Å². The van der Waals surface area contributed by atoms with E-state index in [1.54, 1.807) is 13.8 Å². The molecule has 126 valence electrons. The second-order valence-electron chi connectivity index (χ2n) is 5.96. The summed E-state index contributed by atoms with van der Waals surface area (Å²) < 4.78 is 5.15. The van der Waals surface area contributed by atoms with Gasteiger partial charge in [0.25, 0.3) is 0 Å². The summed E-state index contributed by atoms with van der Waals surface area (Å²) in [6.45, 7) is 5.36. The summed E-state index contributed by atoms with van der Waals surface area (Å²) in [5.74, 6) is -0.102. The van der Waals surface area contributed by atoms with Crippen molar-refractivity contribution in [3.05, 3.63) is 40.7 Å². The number of rotatable bonds is 4. The maximum Gasteiger partial charge on any atom is 0.313 e. The van der Waals surface area contributed by atoms with Crippen molar-refractivity contribution < 1.29 is 9.53 Å². The summed E-state index contributed by atoms with van der Waals surface area (Å²) in [7, 11) is 0. The molecule has 24 heavy (non-hydrogen) atoms. The first-order valence-corrected chi connectivity index (χ1v) is 8.24. The van der Waals surface area contributed by atoms with Crippen LogP contribution >= 0.6 is 11.6 Å². The Bertz CT molecular complexity index is 764. The number of nitrogens with zero attached hydrogens (tertiary/aromatic N) is 2. The van der Waals surface area contributed by atoms with E-state index in [1.165, 1.54) is 17.3 Å². The zero-order valence-corrected chi connectivity index (χ0v) is 14.4. The second kappa shape index (κ2) is 7.15. The molecule has 6 nitrogen and oxygen atoms in total. The molecule has 0 spiro atoms. The van der Waals surface area contributed by atoms with Crippen molar-refractivity contribution in [1.29, 1.82) is 0 Å². The van der Waals surface area contributed by atoms with Crippen LogP contribution in [0.2, 0.25) is 5.15 Å². The van der Waals surface area contributed by atoms with Crippen LogP contribution in [-0.2, 0) is 17.8 Å². The molecule has 0 saturated heterocycles. The van der Waals surface area contributed by atoms with Crippen molar-refractivity contribution in [2.45, 2.75) is 26.8 Å². The molecule has 0 atom stereocenters. The van der Waals surface area contributed by atoms with Gasteiger partial charge >= 0.3 is 5.97 Å². The van der Waals surface area contributed by atoms with Gasteiger partial charge in [-0.25, -0.2) is 4.98 Å². The molecule has 2 aromatic rings. The number of halogens is 1. The van der Waals surface area contributed by atoms with E-state index in [0.29, 0.717) is 5.95 Å². The van der Waals surface area contributed by atoms with Crippen LogP contribution in [-0.4, -0.2) is 22.5 Å². The topological polar surface area (TPSA) is 76.1 Å². The number of esters is 1. The molecule has 0 aliphatic carbocycles. The van der Waals surface area contributed by atoms with E-state index >= 15 is 0 Å². The van der Waals surface area contributed by atoms with Gasteiger partial charge in [0.15, 0.2) is 10.9 Å². The Morgan fingerprint density at radius 2 is 2.21 bits per heavy atom. The third kappa shape index (κ3) is 3.83. The van der Waals surface area contributed by atoms with Gasteiger partial charge in [0, 0.05) is 12.2 Å². The number of carbonyl (C=O) groups excluding carboxylic acids is 1. The van der Waals surface area contributed by atoms with Gasteiger partial charge in [-0.1, -0.05) is 31.5 Å². The van der Waals surface area contributed by atoms with Crippen LogP contribution in [0.25, 0.3) is 0 Å². The molecule has 0 saturated carbocycles. The first-order chi connectivity index (χ1) is 11.5. The number of fused-ring (bicyclic) bond motifs is 1. The Labute approximate surface area is 145 Å². The van der Waals surface area contributed by atoms with Crippen molar-refractivity contribution in [3.8, 4) is 5.75 Å². The Hall–Kier alpha value is -2.18. The fourth-order valence-corrected chi connectivity index (χ4v) is 2.56. The summed E-state index contributed by atoms with van der Waals surface area (Å²) in [5.41, 5.74) is 3.51. The van der Waals surface area contributed by atoms with Crippen molar-refractivity contribution in [2.75, 3.05) is 11.9 Å². The van der Waals surface area contributed by atoms with E-state index < -0.39 is 0 Å². The van der Waals surface area contributed by atoms with E-state index in [2.05, 4.69) is 32.7 Å². The van der Waals surface area contributed by atoms with E-state index in [4.69, 9.17) is 16.3 Å². The highest BCUT2D eigenvalue weighted by Gasteiger charge is 2.15. The SMILES string of the molecule is CC(C)C(=O)Oc1cnc(Nc2ccc3c(c2)CNCC3)nc1Cl. The molecule has 1 aliphatic rings. The van der Waals surface area contributed by atoms with Crippen LogP contribution in [0, 0.1) is 5.92 Å². The van der Waals surface area contributed by atoms with Crippen molar-refractivity contribution >= 4 is 29.2 Å². The fraction of sp³-hybridized carbons (Fsp3) is 0.353. The number of hydrogen-bond acceptors (Lipinski definition) is 6. The van der Waals surface area contributed by atoms with Gasteiger partial charge in [-0.3, -0.25) is 4.79 Å². The minimum atomic E-state index is -0.372. The molecular formula is C17H19ClN4O2. The Balaban J connectivity index is 1.74. The highest BCUT2D eigenvalue weighted by molar-refractivity contribution is 6.31. The number of hydrogen-bond donors (Lipinski definition) is 2. The van der Waals surface area contributed by atoms with Gasteiger partial charge in [0.1, 0.15) is 0 Å². The molecule has 0 fully saturated rings. The minimum absolute atomic E-state index is 0.0983. The fourth-order valence-electron chi connectivity index (χ4n) is 2.39. The van der Waals surface area contributed by atoms with Crippen molar-refractivity contribution in [2.24, 2.45) is 5.92 Å². The highest BCUT2D eigenvalue weighted by atomic mass is 35.5.